The van der Waals surface area contributed by atoms with Gasteiger partial charge >= 0.3 is 0 Å². The van der Waals surface area contributed by atoms with E-state index in [1.807, 2.05) is 24.3 Å². The summed E-state index contributed by atoms with van der Waals surface area (Å²) in [6, 6.07) is 13.0. The Kier molecular flexibility index (Phi) is 6.57. The molecule has 29 heavy (non-hydrogen) atoms. The Bertz CT molecular complexity index is 1070. The van der Waals surface area contributed by atoms with Crippen LogP contribution in [0.4, 0.5) is 11.4 Å². The van der Waals surface area contributed by atoms with Gasteiger partial charge in [-0.15, -0.1) is 11.6 Å². The number of alkyl halides is 1. The van der Waals surface area contributed by atoms with Crippen LogP contribution in [0.15, 0.2) is 48.5 Å². The number of anilines is 2. The molecule has 0 aliphatic carbocycles. The fourth-order valence-corrected chi connectivity index (χ4v) is 3.31. The van der Waals surface area contributed by atoms with Gasteiger partial charge in [0.05, 0.1) is 14.2 Å². The summed E-state index contributed by atoms with van der Waals surface area (Å²) in [5.74, 6) is 0.932. The first kappa shape index (κ1) is 20.5. The molecule has 150 valence electrons. The van der Waals surface area contributed by atoms with Gasteiger partial charge in [-0.25, -0.2) is 0 Å². The van der Waals surface area contributed by atoms with Crippen molar-refractivity contribution in [1.29, 1.82) is 0 Å². The molecule has 3 rings (SSSR count). The van der Waals surface area contributed by atoms with Crippen LogP contribution in [0.1, 0.15) is 11.1 Å². The number of nitrogen functional groups attached to an aromatic ring is 1. The highest BCUT2D eigenvalue weighted by molar-refractivity contribution is 6.18. The van der Waals surface area contributed by atoms with Crippen molar-refractivity contribution < 1.29 is 14.3 Å². The lowest BCUT2D eigenvalue weighted by molar-refractivity contribution is -0.111. The van der Waals surface area contributed by atoms with Crippen molar-refractivity contribution in [2.75, 3.05) is 31.2 Å². The molecule has 1 amide bonds. The number of benzene rings is 2. The molecule has 0 unspecified atom stereocenters. The van der Waals surface area contributed by atoms with Crippen molar-refractivity contribution in [2.45, 2.75) is 6.42 Å². The Hall–Kier alpha value is -3.25. The molecule has 0 saturated carbocycles. The van der Waals surface area contributed by atoms with Crippen molar-refractivity contribution in [3.63, 3.8) is 0 Å². The number of nitrogens with two attached hydrogens (primary N) is 1. The van der Waals surface area contributed by atoms with Gasteiger partial charge in [-0.1, -0.05) is 24.3 Å². The number of nitrogens with one attached hydrogen (secondary N) is 1. The van der Waals surface area contributed by atoms with Gasteiger partial charge in [-0.2, -0.15) is 4.98 Å². The molecular formula is C22H22ClN3O3. The lowest BCUT2D eigenvalue weighted by atomic mass is 9.99. The monoisotopic (exact) mass is 411 g/mol. The molecule has 6 nitrogen and oxygen atoms in total. The average molecular weight is 412 g/mol. The SMILES string of the molecule is COc1ccc(/C=C/C(=O)Nc2cc(N)c3ccccc3c2CCCl)c(OC)n1. The van der Waals surface area contributed by atoms with Crippen LogP contribution in [-0.2, 0) is 11.2 Å². The molecule has 1 heterocycles. The van der Waals surface area contributed by atoms with Crippen molar-refractivity contribution >= 4 is 45.7 Å². The summed E-state index contributed by atoms with van der Waals surface area (Å²) in [4.78, 5) is 16.8. The quantitative estimate of drug-likeness (QED) is 0.344. The Morgan fingerprint density at radius 3 is 2.62 bits per heavy atom. The first-order valence-electron chi connectivity index (χ1n) is 9.01. The standard InChI is InChI=1S/C22H22ClN3O3/c1-28-21-10-8-14(22(26-21)29-2)7-9-20(27)25-19-13-18(24)16-6-4-3-5-15(16)17(19)11-12-23/h3-10,13H,11-12,24H2,1-2H3,(H,25,27)/b9-7+. The summed E-state index contributed by atoms with van der Waals surface area (Å²) in [5.41, 5.74) is 9.04. The zero-order valence-electron chi connectivity index (χ0n) is 16.2. The van der Waals surface area contributed by atoms with Gasteiger partial charge in [-0.3, -0.25) is 4.79 Å². The molecule has 0 fully saturated rings. The first-order valence-corrected chi connectivity index (χ1v) is 9.55. The van der Waals surface area contributed by atoms with Gasteiger partial charge in [0, 0.05) is 40.3 Å². The maximum atomic E-state index is 12.6. The van der Waals surface area contributed by atoms with Gasteiger partial charge in [-0.05, 0) is 35.6 Å². The summed E-state index contributed by atoms with van der Waals surface area (Å²) in [6.45, 7) is 0. The average Bonchev–Trinajstić information content (AvgIpc) is 2.74. The number of methoxy groups -OCH3 is 2. The number of hydrogen-bond acceptors (Lipinski definition) is 5. The van der Waals surface area contributed by atoms with E-state index < -0.39 is 0 Å². The molecule has 0 bridgehead atoms. The van der Waals surface area contributed by atoms with E-state index in [9.17, 15) is 4.79 Å². The zero-order chi connectivity index (χ0) is 20.8. The maximum Gasteiger partial charge on any atom is 0.248 e. The topological polar surface area (TPSA) is 86.5 Å². The number of pyridine rings is 1. The third-order valence-corrected chi connectivity index (χ3v) is 4.66. The Morgan fingerprint density at radius 2 is 1.93 bits per heavy atom. The number of aryl methyl sites for hydroxylation is 1. The number of fused-ring (bicyclic) bond motifs is 1. The highest BCUT2D eigenvalue weighted by atomic mass is 35.5. The van der Waals surface area contributed by atoms with Crippen LogP contribution in [0.25, 0.3) is 16.8 Å². The van der Waals surface area contributed by atoms with Crippen LogP contribution in [0.2, 0.25) is 0 Å². The number of halogens is 1. The zero-order valence-corrected chi connectivity index (χ0v) is 17.0. The lowest BCUT2D eigenvalue weighted by Gasteiger charge is -2.15. The van der Waals surface area contributed by atoms with Crippen LogP contribution < -0.4 is 20.5 Å². The molecule has 0 radical (unpaired) electrons. The summed E-state index contributed by atoms with van der Waals surface area (Å²) in [6.07, 6.45) is 3.66. The number of carbonyl (C=O) groups is 1. The van der Waals surface area contributed by atoms with E-state index in [-0.39, 0.29) is 5.91 Å². The lowest BCUT2D eigenvalue weighted by Crippen LogP contribution is -2.11. The summed E-state index contributed by atoms with van der Waals surface area (Å²) >= 11 is 6.00. The molecular weight excluding hydrogens is 390 g/mol. The van der Waals surface area contributed by atoms with E-state index >= 15 is 0 Å². The van der Waals surface area contributed by atoms with Crippen LogP contribution in [0, 0.1) is 0 Å². The minimum absolute atomic E-state index is 0.298. The van der Waals surface area contributed by atoms with Crippen molar-refractivity contribution in [3.05, 3.63) is 59.7 Å². The smallest absolute Gasteiger partial charge is 0.248 e. The highest BCUT2D eigenvalue weighted by Gasteiger charge is 2.12. The predicted molar refractivity (Wildman–Crippen MR) is 118 cm³/mol. The van der Waals surface area contributed by atoms with E-state index in [0.717, 1.165) is 16.3 Å². The second-order valence-corrected chi connectivity index (χ2v) is 6.63. The first-order chi connectivity index (χ1) is 14.1. The Balaban J connectivity index is 1.88. The fourth-order valence-electron chi connectivity index (χ4n) is 3.12. The van der Waals surface area contributed by atoms with Gasteiger partial charge in [0.1, 0.15) is 0 Å². The van der Waals surface area contributed by atoms with E-state index in [4.69, 9.17) is 26.8 Å². The van der Waals surface area contributed by atoms with Crippen molar-refractivity contribution in [1.82, 2.24) is 4.98 Å². The van der Waals surface area contributed by atoms with E-state index in [1.165, 1.54) is 20.3 Å². The normalized spacial score (nSPS) is 11.0. The second kappa shape index (κ2) is 9.30. The predicted octanol–water partition coefficient (Wildman–Crippen LogP) is 4.27. The molecule has 1 aromatic heterocycles. The molecule has 0 atom stereocenters. The van der Waals surface area contributed by atoms with Crippen LogP contribution in [0.3, 0.4) is 0 Å². The molecule has 2 aromatic carbocycles. The molecule has 0 saturated heterocycles. The molecule has 3 N–H and O–H groups in total. The van der Waals surface area contributed by atoms with E-state index in [0.29, 0.717) is 41.0 Å². The molecule has 0 aliphatic rings. The number of aromatic nitrogens is 1. The van der Waals surface area contributed by atoms with Crippen LogP contribution in [0.5, 0.6) is 11.8 Å². The molecule has 3 aromatic rings. The molecule has 7 heteroatoms. The Morgan fingerprint density at radius 1 is 1.17 bits per heavy atom. The van der Waals surface area contributed by atoms with Gasteiger partial charge < -0.3 is 20.5 Å². The number of hydrogen-bond donors (Lipinski definition) is 2. The van der Waals surface area contributed by atoms with Crippen molar-refractivity contribution in [3.8, 4) is 11.8 Å². The highest BCUT2D eigenvalue weighted by Crippen LogP contribution is 2.32. The second-order valence-electron chi connectivity index (χ2n) is 6.25. The van der Waals surface area contributed by atoms with Crippen LogP contribution in [-0.4, -0.2) is 31.0 Å². The summed E-state index contributed by atoms with van der Waals surface area (Å²) in [7, 11) is 3.04. The van der Waals surface area contributed by atoms with Crippen LogP contribution >= 0.6 is 11.6 Å². The summed E-state index contributed by atoms with van der Waals surface area (Å²) in [5, 5.41) is 4.83. The minimum atomic E-state index is -0.298. The van der Waals surface area contributed by atoms with Crippen molar-refractivity contribution in [2.24, 2.45) is 0 Å². The van der Waals surface area contributed by atoms with Gasteiger partial charge in [0.2, 0.25) is 17.7 Å². The Labute approximate surface area is 174 Å². The molecule has 0 aliphatic heterocycles. The van der Waals surface area contributed by atoms with Gasteiger partial charge in [0.15, 0.2) is 0 Å². The summed E-state index contributed by atoms with van der Waals surface area (Å²) < 4.78 is 10.3. The van der Waals surface area contributed by atoms with E-state index in [2.05, 4.69) is 10.3 Å². The van der Waals surface area contributed by atoms with E-state index in [1.54, 1.807) is 24.3 Å². The minimum Gasteiger partial charge on any atom is -0.481 e. The maximum absolute atomic E-state index is 12.6. The number of amides is 1. The number of rotatable bonds is 7. The fraction of sp³-hybridized carbons (Fsp3) is 0.182. The third kappa shape index (κ3) is 4.60. The largest absolute Gasteiger partial charge is 0.481 e. The number of ether oxygens (including phenoxy) is 2. The number of nitrogens with zero attached hydrogens (tertiary/aromatic N) is 1. The number of carbonyl (C=O) groups excluding carboxylic acids is 1. The molecule has 0 spiro atoms. The van der Waals surface area contributed by atoms with Gasteiger partial charge in [0.25, 0.3) is 0 Å². The third-order valence-electron chi connectivity index (χ3n) is 4.47.